The number of amides is 2. The van der Waals surface area contributed by atoms with Crippen molar-refractivity contribution in [2.75, 3.05) is 47.4 Å². The van der Waals surface area contributed by atoms with Gasteiger partial charge in [0.25, 0.3) is 6.47 Å². The Morgan fingerprint density at radius 2 is 1.42 bits per heavy atom. The van der Waals surface area contributed by atoms with Gasteiger partial charge in [-0.15, -0.1) is 0 Å². The minimum Gasteiger partial charge on any atom is -0.471 e. The maximum atomic E-state index is 12.4. The molecule has 2 aliphatic rings. The number of methoxy groups -OCH3 is 1. The summed E-state index contributed by atoms with van der Waals surface area (Å²) < 4.78 is 3.86. The molecule has 2 aliphatic heterocycles. The molecular weight excluding hydrogens is 789 g/mol. The molecular formula is C42H50N10O5S2. The van der Waals surface area contributed by atoms with Gasteiger partial charge in [-0.1, -0.05) is 83.3 Å². The summed E-state index contributed by atoms with van der Waals surface area (Å²) in [5, 5.41) is 7.29. The van der Waals surface area contributed by atoms with Crippen LogP contribution in [-0.4, -0.2) is 112 Å². The van der Waals surface area contributed by atoms with E-state index in [1.807, 2.05) is 65.6 Å². The van der Waals surface area contributed by atoms with Gasteiger partial charge in [0.05, 0.1) is 43.9 Å². The van der Waals surface area contributed by atoms with Crippen molar-refractivity contribution in [3.8, 4) is 22.5 Å². The van der Waals surface area contributed by atoms with Crippen molar-refractivity contribution >= 4 is 56.9 Å². The number of rotatable bonds is 8. The van der Waals surface area contributed by atoms with Gasteiger partial charge in [0, 0.05) is 20.0 Å². The second kappa shape index (κ2) is 25.3. The third kappa shape index (κ3) is 15.3. The first-order chi connectivity index (χ1) is 28.8. The summed E-state index contributed by atoms with van der Waals surface area (Å²) in [5.41, 5.74) is 3.52. The van der Waals surface area contributed by atoms with Gasteiger partial charge in [0.1, 0.15) is 23.0 Å². The minimum atomic E-state index is -0.554. The summed E-state index contributed by atoms with van der Waals surface area (Å²) in [4.78, 5) is 71.9. The summed E-state index contributed by atoms with van der Waals surface area (Å²) in [6.45, 7) is 6.04. The molecule has 6 aromatic rings. The number of nitrogens with one attached hydrogen (secondary N) is 4. The van der Waals surface area contributed by atoms with Gasteiger partial charge in [-0.2, -0.15) is 0 Å². The molecule has 15 nitrogen and oxygen atoms in total. The smallest absolute Gasteiger partial charge is 0.292 e. The van der Waals surface area contributed by atoms with Crippen LogP contribution < -0.4 is 10.6 Å². The van der Waals surface area contributed by atoms with Crippen LogP contribution in [0.2, 0.25) is 0 Å². The van der Waals surface area contributed by atoms with Gasteiger partial charge in [0.15, 0.2) is 14.7 Å². The maximum Gasteiger partial charge on any atom is 0.292 e. The van der Waals surface area contributed by atoms with E-state index in [0.29, 0.717) is 6.47 Å². The standard InChI is InChI=1S/C14H18N2O2.C12H6N6S2.C9H11NO.C5H11N.C2H4O2/c1-11(17)15-13(12-7-3-2-4-8-12)14(18)16-9-5-6-10-16;1(7-3-13-5-15-7)2-9-17-11-12(19-9)18-10(20-11)8-4-14-6-16-8;1-10-9(7-11)8-5-3-2-4-6-8;1-6-4-2-3-5-6;1-4-2-3/h2-4,7-8,13H,5-6,9-10H2,1H3,(H,15,17);3-6H,(H,13,15)(H,14,16);2-7,9-10H,1H3;2-5H2,1H3;2H,1H3. The number of aromatic amines is 2. The van der Waals surface area contributed by atoms with Gasteiger partial charge in [-0.25, -0.2) is 19.9 Å². The van der Waals surface area contributed by atoms with Crippen LogP contribution in [0.4, 0.5) is 0 Å². The maximum absolute atomic E-state index is 12.4. The highest BCUT2D eigenvalue weighted by Gasteiger charge is 2.28. The molecule has 8 rings (SSSR count). The molecule has 0 radical (unpaired) electrons. The molecule has 2 aromatic carbocycles. The summed E-state index contributed by atoms with van der Waals surface area (Å²) in [7, 11) is 5.26. The number of fused-ring (bicyclic) bond motifs is 1. The van der Waals surface area contributed by atoms with Crippen LogP contribution >= 0.6 is 22.7 Å². The lowest BCUT2D eigenvalue weighted by molar-refractivity contribution is -0.135. The van der Waals surface area contributed by atoms with Gasteiger partial charge < -0.3 is 39.9 Å². The van der Waals surface area contributed by atoms with Crippen molar-refractivity contribution in [2.24, 2.45) is 0 Å². The number of thiazole rings is 2. The van der Waals surface area contributed by atoms with Crippen molar-refractivity contribution in [1.82, 2.24) is 50.3 Å². The molecule has 4 aromatic heterocycles. The van der Waals surface area contributed by atoms with Crippen molar-refractivity contribution in [3.05, 3.63) is 108 Å². The summed E-state index contributed by atoms with van der Waals surface area (Å²) in [6, 6.07) is 18.3. The Bertz CT molecular complexity index is 2140. The van der Waals surface area contributed by atoms with E-state index >= 15 is 0 Å². The van der Waals surface area contributed by atoms with E-state index in [-0.39, 0.29) is 17.9 Å². The highest BCUT2D eigenvalue weighted by Crippen LogP contribution is 2.31. The zero-order valence-corrected chi connectivity index (χ0v) is 35.2. The van der Waals surface area contributed by atoms with Crippen molar-refractivity contribution in [2.45, 2.75) is 44.7 Å². The number of nitrogens with zero attached hydrogens (tertiary/aromatic N) is 6. The van der Waals surface area contributed by atoms with Gasteiger partial charge in [0.2, 0.25) is 11.8 Å². The van der Waals surface area contributed by atoms with Crippen molar-refractivity contribution < 1.29 is 23.9 Å². The van der Waals surface area contributed by atoms with Crippen molar-refractivity contribution in [3.63, 3.8) is 0 Å². The normalized spacial score (nSPS) is 13.9. The lowest BCUT2D eigenvalue weighted by Gasteiger charge is -2.23. The highest BCUT2D eigenvalue weighted by atomic mass is 32.1. The number of aldehydes is 1. The molecule has 0 saturated carbocycles. The molecule has 310 valence electrons. The fourth-order valence-corrected chi connectivity index (χ4v) is 7.60. The number of benzene rings is 2. The number of ether oxygens (including phenoxy) is 1. The molecule has 0 bridgehead atoms. The van der Waals surface area contributed by atoms with Crippen LogP contribution in [0.3, 0.4) is 0 Å². The Kier molecular flexibility index (Phi) is 19.6. The Morgan fingerprint density at radius 1 is 0.831 bits per heavy atom. The first kappa shape index (κ1) is 45.6. The van der Waals surface area contributed by atoms with Crippen LogP contribution in [0.25, 0.3) is 20.4 Å². The zero-order valence-electron chi connectivity index (χ0n) is 33.6. The third-order valence-electron chi connectivity index (χ3n) is 8.68. The molecule has 0 aliphatic carbocycles. The van der Waals surface area contributed by atoms with Crippen LogP contribution in [0.15, 0.2) is 85.7 Å². The summed E-state index contributed by atoms with van der Waals surface area (Å²) in [5.74, 6) is 5.79. The number of carbonyl (C=O) groups is 4. The van der Waals surface area contributed by atoms with Crippen LogP contribution in [0, 0.1) is 11.8 Å². The lowest BCUT2D eigenvalue weighted by atomic mass is 10.1. The number of carbonyl (C=O) groups excluding carboxylic acids is 4. The monoisotopic (exact) mass is 838 g/mol. The molecule has 59 heavy (non-hydrogen) atoms. The summed E-state index contributed by atoms with van der Waals surface area (Å²) >= 11 is 3.01. The van der Waals surface area contributed by atoms with Gasteiger partial charge >= 0.3 is 0 Å². The van der Waals surface area contributed by atoms with Crippen LogP contribution in [-0.2, 0) is 23.9 Å². The molecule has 2 saturated heterocycles. The molecule has 2 fully saturated rings. The number of imidazole rings is 2. The van der Waals surface area contributed by atoms with Gasteiger partial charge in [-0.05, 0) is 75.8 Å². The zero-order chi connectivity index (χ0) is 42.2. The van der Waals surface area contributed by atoms with Crippen LogP contribution in [0.1, 0.15) is 66.5 Å². The van der Waals surface area contributed by atoms with E-state index in [1.165, 1.54) is 62.6 Å². The van der Waals surface area contributed by atoms with E-state index in [1.54, 1.807) is 32.1 Å². The quantitative estimate of drug-likeness (QED) is 0.113. The molecule has 17 heteroatoms. The average molecular weight is 839 g/mol. The number of likely N-dealkylation sites (N-methyl/N-ethyl adjacent to an activating group) is 1. The lowest BCUT2D eigenvalue weighted by Crippen LogP contribution is -2.41. The molecule has 2 unspecified atom stereocenters. The van der Waals surface area contributed by atoms with E-state index < -0.39 is 6.04 Å². The number of H-pyrrole nitrogens is 2. The fraction of sp³-hybridized carbons (Fsp3) is 0.333. The van der Waals surface area contributed by atoms with E-state index in [2.05, 4.69) is 69.1 Å². The molecule has 0 spiro atoms. The SMILES string of the molecule is C(#Cc1nc2sc(-c3cnc[nH]3)nc2s1)c1cnc[nH]1.CC(=O)NC(C(=O)N1CCCC1)c1ccccc1.CN1CCCC1.CNC(C=O)c1ccccc1.COC=O. The van der Waals surface area contributed by atoms with E-state index in [4.69, 9.17) is 4.79 Å². The number of hydrogen-bond acceptors (Lipinski definition) is 13. The largest absolute Gasteiger partial charge is 0.471 e. The second-order valence-electron chi connectivity index (χ2n) is 13.1. The minimum absolute atomic E-state index is 0.00565. The Labute approximate surface area is 352 Å². The first-order valence-corrected chi connectivity index (χ1v) is 20.6. The predicted octanol–water partition coefficient (Wildman–Crippen LogP) is 5.40. The van der Waals surface area contributed by atoms with E-state index in [9.17, 15) is 14.4 Å². The number of hydrogen-bond donors (Lipinski definition) is 4. The number of aromatic nitrogens is 6. The Morgan fingerprint density at radius 3 is 1.92 bits per heavy atom. The molecule has 2 amide bonds. The average Bonchev–Trinajstić information content (AvgIpc) is 4.12. The van der Waals surface area contributed by atoms with Gasteiger partial charge in [-0.3, -0.25) is 14.4 Å². The predicted molar refractivity (Wildman–Crippen MR) is 230 cm³/mol. The topological polar surface area (TPSA) is 191 Å². The number of likely N-dealkylation sites (tertiary alicyclic amines) is 2. The third-order valence-corrected chi connectivity index (χ3v) is 10.7. The first-order valence-electron chi connectivity index (χ1n) is 19.0. The second-order valence-corrected chi connectivity index (χ2v) is 15.0. The Balaban J connectivity index is 0.000000180. The van der Waals surface area contributed by atoms with Crippen LogP contribution in [0.5, 0.6) is 0 Å². The molecule has 2 atom stereocenters. The highest BCUT2D eigenvalue weighted by molar-refractivity contribution is 7.28. The van der Waals surface area contributed by atoms with E-state index in [0.717, 1.165) is 74.4 Å². The Hall–Kier alpha value is -6.06. The van der Waals surface area contributed by atoms with Crippen molar-refractivity contribution in [1.29, 1.82) is 0 Å². The molecule has 6 heterocycles. The molecule has 4 N–H and O–H groups in total. The summed E-state index contributed by atoms with van der Waals surface area (Å²) in [6.07, 6.45) is 12.5. The fourth-order valence-electron chi connectivity index (χ4n) is 5.73.